The molecule has 0 spiro atoms. The molecule has 1 atom stereocenters. The number of anilines is 1. The first-order valence-electron chi connectivity index (χ1n) is 10.2. The van der Waals surface area contributed by atoms with E-state index in [1.54, 1.807) is 18.3 Å². The molecule has 2 heterocycles. The van der Waals surface area contributed by atoms with Crippen molar-refractivity contribution in [1.82, 2.24) is 15.5 Å². The Kier molecular flexibility index (Phi) is 6.36. The topological polar surface area (TPSA) is 97.1 Å². The molecule has 0 bridgehead atoms. The Labute approximate surface area is 185 Å². The fraction of sp³-hybridized carbons (Fsp3) is 0.304. The van der Waals surface area contributed by atoms with E-state index in [-0.39, 0.29) is 23.8 Å². The minimum Gasteiger partial charge on any atom is -0.361 e. The number of carbonyl (C=O) groups excluding carboxylic acids is 2. The molecule has 1 aliphatic rings. The Morgan fingerprint density at radius 3 is 2.68 bits per heavy atom. The number of nitrogens with zero attached hydrogens (tertiary/aromatic N) is 2. The van der Waals surface area contributed by atoms with Gasteiger partial charge in [0.2, 0.25) is 5.91 Å². The lowest BCUT2D eigenvalue weighted by molar-refractivity contribution is -0.117. The Morgan fingerprint density at radius 2 is 2.00 bits per heavy atom. The van der Waals surface area contributed by atoms with Crippen LogP contribution >= 0.6 is 11.8 Å². The number of carbonyl (C=O) groups is 2. The van der Waals surface area contributed by atoms with Gasteiger partial charge in [0.1, 0.15) is 10.8 Å². The lowest BCUT2D eigenvalue weighted by atomic mass is 10.1. The second kappa shape index (κ2) is 9.34. The SMILES string of the molecule is Cc1cc(CSc2ncccc2C(=O)NC(C)c2ccc(NC(=O)C3CC3)cc2)no1. The second-order valence-electron chi connectivity index (χ2n) is 7.65. The number of amides is 2. The van der Waals surface area contributed by atoms with Gasteiger partial charge in [0.15, 0.2) is 0 Å². The first kappa shape index (κ1) is 21.1. The highest BCUT2D eigenvalue weighted by atomic mass is 32.2. The summed E-state index contributed by atoms with van der Waals surface area (Å²) in [5.41, 5.74) is 3.05. The molecule has 2 amide bonds. The molecular weight excluding hydrogens is 412 g/mol. The standard InChI is InChI=1S/C23H24N4O3S/c1-14-12-19(27-30-14)13-31-23-20(4-3-11-24-23)22(29)25-15(2)16-7-9-18(10-8-16)26-21(28)17-5-6-17/h3-4,7-12,15,17H,5-6,13H2,1-2H3,(H,25,29)(H,26,28). The molecule has 1 unspecified atom stereocenters. The van der Waals surface area contributed by atoms with Crippen molar-refractivity contribution in [3.63, 3.8) is 0 Å². The van der Waals surface area contributed by atoms with E-state index in [2.05, 4.69) is 20.8 Å². The van der Waals surface area contributed by atoms with E-state index in [1.807, 2.05) is 44.2 Å². The summed E-state index contributed by atoms with van der Waals surface area (Å²) in [6.07, 6.45) is 3.62. The maximum Gasteiger partial charge on any atom is 0.254 e. The third-order valence-corrected chi connectivity index (χ3v) is 6.06. The first-order chi connectivity index (χ1) is 15.0. The lowest BCUT2D eigenvalue weighted by Gasteiger charge is -2.16. The average Bonchev–Trinajstić information content (AvgIpc) is 3.54. The van der Waals surface area contributed by atoms with Crippen LogP contribution in [-0.4, -0.2) is 22.0 Å². The summed E-state index contributed by atoms with van der Waals surface area (Å²) in [5, 5.41) is 10.6. The van der Waals surface area contributed by atoms with Crippen LogP contribution in [0.25, 0.3) is 0 Å². The molecule has 8 heteroatoms. The minimum atomic E-state index is -0.197. The summed E-state index contributed by atoms with van der Waals surface area (Å²) in [6.45, 7) is 3.77. The van der Waals surface area contributed by atoms with Crippen LogP contribution in [0.4, 0.5) is 5.69 Å². The highest BCUT2D eigenvalue weighted by Crippen LogP contribution is 2.30. The Bertz CT molecular complexity index is 1080. The van der Waals surface area contributed by atoms with Crippen LogP contribution in [0.15, 0.2) is 58.2 Å². The molecule has 1 aliphatic carbocycles. The maximum atomic E-state index is 12.9. The fourth-order valence-electron chi connectivity index (χ4n) is 3.11. The van der Waals surface area contributed by atoms with Gasteiger partial charge in [-0.1, -0.05) is 29.1 Å². The number of aromatic nitrogens is 2. The van der Waals surface area contributed by atoms with Crippen molar-refractivity contribution >= 4 is 29.3 Å². The van der Waals surface area contributed by atoms with Crippen molar-refractivity contribution in [2.45, 2.75) is 43.5 Å². The average molecular weight is 437 g/mol. The molecular formula is C23H24N4O3S. The molecule has 0 radical (unpaired) electrons. The van der Waals surface area contributed by atoms with Crippen LogP contribution in [0.3, 0.4) is 0 Å². The highest BCUT2D eigenvalue weighted by molar-refractivity contribution is 7.98. The summed E-state index contributed by atoms with van der Waals surface area (Å²) in [6, 6.07) is 12.8. The Morgan fingerprint density at radius 1 is 1.23 bits per heavy atom. The molecule has 2 aromatic heterocycles. The van der Waals surface area contributed by atoms with Gasteiger partial charge in [-0.15, -0.1) is 0 Å². The number of nitrogens with one attached hydrogen (secondary N) is 2. The fourth-order valence-corrected chi connectivity index (χ4v) is 3.98. The molecule has 160 valence electrons. The third-order valence-electron chi connectivity index (χ3n) is 5.02. The van der Waals surface area contributed by atoms with Crippen LogP contribution in [0.5, 0.6) is 0 Å². The van der Waals surface area contributed by atoms with E-state index in [0.29, 0.717) is 16.3 Å². The number of thioether (sulfide) groups is 1. The summed E-state index contributed by atoms with van der Waals surface area (Å²) in [7, 11) is 0. The third kappa shape index (κ3) is 5.52. The summed E-state index contributed by atoms with van der Waals surface area (Å²) in [4.78, 5) is 29.2. The monoisotopic (exact) mass is 436 g/mol. The first-order valence-corrected chi connectivity index (χ1v) is 11.2. The molecule has 7 nitrogen and oxygen atoms in total. The lowest BCUT2D eigenvalue weighted by Crippen LogP contribution is -2.27. The van der Waals surface area contributed by atoms with Gasteiger partial charge in [0.05, 0.1) is 17.3 Å². The van der Waals surface area contributed by atoms with Gasteiger partial charge in [0, 0.05) is 29.6 Å². The summed E-state index contributed by atoms with van der Waals surface area (Å²) in [5.74, 6) is 1.37. The maximum absolute atomic E-state index is 12.9. The van der Waals surface area contributed by atoms with Crippen LogP contribution in [0, 0.1) is 12.8 Å². The summed E-state index contributed by atoms with van der Waals surface area (Å²) < 4.78 is 5.09. The predicted molar refractivity (Wildman–Crippen MR) is 119 cm³/mol. The van der Waals surface area contributed by atoms with E-state index in [1.165, 1.54) is 11.8 Å². The molecule has 1 fully saturated rings. The molecule has 31 heavy (non-hydrogen) atoms. The molecule has 0 saturated heterocycles. The number of hydrogen-bond donors (Lipinski definition) is 2. The normalized spacial score (nSPS) is 14.1. The minimum absolute atomic E-state index is 0.0801. The second-order valence-corrected chi connectivity index (χ2v) is 8.62. The molecule has 1 saturated carbocycles. The van der Waals surface area contributed by atoms with Gasteiger partial charge in [-0.25, -0.2) is 4.98 Å². The van der Waals surface area contributed by atoms with Crippen molar-refractivity contribution in [3.8, 4) is 0 Å². The van der Waals surface area contributed by atoms with Crippen molar-refractivity contribution in [2.75, 3.05) is 5.32 Å². The van der Waals surface area contributed by atoms with Gasteiger partial charge >= 0.3 is 0 Å². The number of pyridine rings is 1. The van der Waals surface area contributed by atoms with Gasteiger partial charge in [-0.3, -0.25) is 9.59 Å². The largest absolute Gasteiger partial charge is 0.361 e. The number of aryl methyl sites for hydroxylation is 1. The zero-order valence-corrected chi connectivity index (χ0v) is 18.2. The highest BCUT2D eigenvalue weighted by Gasteiger charge is 2.29. The molecule has 2 N–H and O–H groups in total. The number of benzene rings is 1. The van der Waals surface area contributed by atoms with Crippen molar-refractivity contribution in [3.05, 3.63) is 71.2 Å². The molecule has 1 aromatic carbocycles. The molecule has 4 rings (SSSR count). The van der Waals surface area contributed by atoms with Crippen molar-refractivity contribution < 1.29 is 14.1 Å². The van der Waals surface area contributed by atoms with Crippen LogP contribution in [0.1, 0.15) is 53.2 Å². The smallest absolute Gasteiger partial charge is 0.254 e. The van der Waals surface area contributed by atoms with Crippen LogP contribution in [0.2, 0.25) is 0 Å². The zero-order valence-electron chi connectivity index (χ0n) is 17.4. The summed E-state index contributed by atoms with van der Waals surface area (Å²) >= 11 is 1.45. The number of rotatable bonds is 8. The van der Waals surface area contributed by atoms with E-state index < -0.39 is 0 Å². The van der Waals surface area contributed by atoms with Gasteiger partial charge < -0.3 is 15.2 Å². The van der Waals surface area contributed by atoms with E-state index >= 15 is 0 Å². The quantitative estimate of drug-likeness (QED) is 0.504. The van der Waals surface area contributed by atoms with E-state index in [9.17, 15) is 9.59 Å². The van der Waals surface area contributed by atoms with Gasteiger partial charge in [-0.05, 0) is 56.5 Å². The van der Waals surface area contributed by atoms with Crippen molar-refractivity contribution in [2.24, 2.45) is 5.92 Å². The van der Waals surface area contributed by atoms with Crippen LogP contribution < -0.4 is 10.6 Å². The van der Waals surface area contributed by atoms with E-state index in [0.717, 1.165) is 35.5 Å². The predicted octanol–water partition coefficient (Wildman–Crippen LogP) is 4.51. The zero-order chi connectivity index (χ0) is 21.8. The molecule has 3 aromatic rings. The van der Waals surface area contributed by atoms with E-state index in [4.69, 9.17) is 4.52 Å². The Hall–Kier alpha value is -3.13. The Balaban J connectivity index is 1.37. The number of hydrogen-bond acceptors (Lipinski definition) is 6. The van der Waals surface area contributed by atoms with Crippen LogP contribution in [-0.2, 0) is 10.5 Å². The van der Waals surface area contributed by atoms with Crippen molar-refractivity contribution in [1.29, 1.82) is 0 Å². The van der Waals surface area contributed by atoms with Gasteiger partial charge in [-0.2, -0.15) is 0 Å². The van der Waals surface area contributed by atoms with Gasteiger partial charge in [0.25, 0.3) is 5.91 Å². The molecule has 0 aliphatic heterocycles.